The number of rotatable bonds is 5. The number of nitrogens with one attached hydrogen (secondary N) is 1. The Balaban J connectivity index is 2.03. The first-order chi connectivity index (χ1) is 9.51. The summed E-state index contributed by atoms with van der Waals surface area (Å²) in [5, 5.41) is 3.16. The first-order valence-corrected chi connectivity index (χ1v) is 7.97. The third-order valence-corrected chi connectivity index (χ3v) is 4.75. The van der Waals surface area contributed by atoms with Crippen molar-refractivity contribution in [3.05, 3.63) is 59.9 Å². The van der Waals surface area contributed by atoms with Crippen molar-refractivity contribution in [2.24, 2.45) is 0 Å². The maximum absolute atomic E-state index is 12.8. The van der Waals surface area contributed by atoms with Crippen molar-refractivity contribution in [3.63, 3.8) is 0 Å². The molecule has 2 aromatic carbocycles. The van der Waals surface area contributed by atoms with Crippen LogP contribution >= 0.6 is 0 Å². The summed E-state index contributed by atoms with van der Waals surface area (Å²) in [4.78, 5) is 0.326. The highest BCUT2D eigenvalue weighted by Gasteiger charge is 2.10. The second-order valence-corrected chi connectivity index (χ2v) is 6.69. The zero-order valence-corrected chi connectivity index (χ0v) is 12.0. The van der Waals surface area contributed by atoms with Gasteiger partial charge in [-0.2, -0.15) is 0 Å². The van der Waals surface area contributed by atoms with Crippen LogP contribution in [0.25, 0.3) is 0 Å². The monoisotopic (exact) mass is 293 g/mol. The molecule has 0 radical (unpaired) electrons. The van der Waals surface area contributed by atoms with Gasteiger partial charge < -0.3 is 5.32 Å². The molecule has 0 aliphatic carbocycles. The van der Waals surface area contributed by atoms with E-state index >= 15 is 0 Å². The van der Waals surface area contributed by atoms with Crippen LogP contribution in [0.3, 0.4) is 0 Å². The molecule has 0 heterocycles. The summed E-state index contributed by atoms with van der Waals surface area (Å²) >= 11 is 0. The van der Waals surface area contributed by atoms with E-state index in [2.05, 4.69) is 5.32 Å². The Morgan fingerprint density at radius 2 is 1.60 bits per heavy atom. The molecule has 0 aliphatic rings. The lowest BCUT2D eigenvalue weighted by molar-refractivity contribution is 0.597. The summed E-state index contributed by atoms with van der Waals surface area (Å²) in [5.41, 5.74) is 1.78. The van der Waals surface area contributed by atoms with E-state index in [1.807, 2.05) is 0 Å². The van der Waals surface area contributed by atoms with Gasteiger partial charge in [-0.3, -0.25) is 0 Å². The number of sulfone groups is 1. The van der Waals surface area contributed by atoms with Crippen molar-refractivity contribution in [1.29, 1.82) is 0 Å². The predicted octanol–water partition coefficient (Wildman–Crippen LogP) is 3.23. The molecule has 0 aromatic heterocycles. The van der Waals surface area contributed by atoms with Gasteiger partial charge in [0.05, 0.1) is 10.6 Å². The Morgan fingerprint density at radius 1 is 1.00 bits per heavy atom. The molecule has 5 heteroatoms. The highest BCUT2D eigenvalue weighted by molar-refractivity contribution is 7.91. The molecule has 106 valence electrons. The largest absolute Gasteiger partial charge is 0.381 e. The topological polar surface area (TPSA) is 46.2 Å². The Labute approximate surface area is 118 Å². The molecule has 0 saturated carbocycles. The highest BCUT2D eigenvalue weighted by Crippen LogP contribution is 2.16. The molecule has 0 aliphatic heterocycles. The molecular weight excluding hydrogens is 277 g/mol. The van der Waals surface area contributed by atoms with E-state index in [1.165, 1.54) is 12.1 Å². The van der Waals surface area contributed by atoms with Crippen LogP contribution in [0.4, 0.5) is 10.1 Å². The smallest absolute Gasteiger partial charge is 0.178 e. The first kappa shape index (κ1) is 14.5. The van der Waals surface area contributed by atoms with Crippen molar-refractivity contribution in [3.8, 4) is 0 Å². The Bertz CT molecular complexity index is 664. The number of anilines is 1. The minimum atomic E-state index is -3.16. The van der Waals surface area contributed by atoms with Crippen molar-refractivity contribution in [1.82, 2.24) is 0 Å². The second kappa shape index (κ2) is 6.05. The Hall–Kier alpha value is -1.88. The molecule has 1 N–H and O–H groups in total. The second-order valence-electron chi connectivity index (χ2n) is 4.41. The molecule has 0 fully saturated rings. The lowest BCUT2D eigenvalue weighted by atomic mass is 10.2. The van der Waals surface area contributed by atoms with Crippen molar-refractivity contribution >= 4 is 15.5 Å². The number of hydrogen-bond acceptors (Lipinski definition) is 3. The van der Waals surface area contributed by atoms with Crippen molar-refractivity contribution in [2.45, 2.75) is 18.4 Å². The van der Waals surface area contributed by atoms with E-state index < -0.39 is 9.84 Å². The maximum atomic E-state index is 12.8. The molecule has 3 nitrogen and oxygen atoms in total. The SMILES string of the molecule is CCS(=O)(=O)c1ccc(NCc2ccc(F)cc2)cc1. The van der Waals surface area contributed by atoms with Crippen LogP contribution in [0, 0.1) is 5.82 Å². The van der Waals surface area contributed by atoms with E-state index in [-0.39, 0.29) is 11.6 Å². The first-order valence-electron chi connectivity index (χ1n) is 6.32. The molecule has 0 atom stereocenters. The number of benzene rings is 2. The van der Waals surface area contributed by atoms with Gasteiger partial charge in [-0.15, -0.1) is 0 Å². The summed E-state index contributed by atoms with van der Waals surface area (Å²) < 4.78 is 36.1. The van der Waals surface area contributed by atoms with Gasteiger partial charge in [-0.05, 0) is 42.0 Å². The molecule has 2 aromatic rings. The fourth-order valence-corrected chi connectivity index (χ4v) is 2.64. The molecule has 0 bridgehead atoms. The zero-order valence-electron chi connectivity index (χ0n) is 11.1. The van der Waals surface area contributed by atoms with Crippen LogP contribution in [0.5, 0.6) is 0 Å². The van der Waals surface area contributed by atoms with Crippen LogP contribution in [-0.4, -0.2) is 14.2 Å². The predicted molar refractivity (Wildman–Crippen MR) is 77.9 cm³/mol. The molecule has 20 heavy (non-hydrogen) atoms. The van der Waals surface area contributed by atoms with E-state index in [0.29, 0.717) is 11.4 Å². The summed E-state index contributed by atoms with van der Waals surface area (Å²) in [6.45, 7) is 2.18. The normalized spacial score (nSPS) is 11.3. The van der Waals surface area contributed by atoms with Crippen LogP contribution in [0.2, 0.25) is 0 Å². The Morgan fingerprint density at radius 3 is 2.15 bits per heavy atom. The van der Waals surface area contributed by atoms with Crippen LogP contribution < -0.4 is 5.32 Å². The minimum absolute atomic E-state index is 0.0926. The van der Waals surface area contributed by atoms with Gasteiger partial charge in [0.25, 0.3) is 0 Å². The number of halogens is 1. The Kier molecular flexibility index (Phi) is 4.39. The third kappa shape index (κ3) is 3.57. The fourth-order valence-electron chi connectivity index (χ4n) is 1.75. The average Bonchev–Trinajstić information content (AvgIpc) is 2.47. The third-order valence-electron chi connectivity index (χ3n) is 3.00. The molecule has 2 rings (SSSR count). The van der Waals surface area contributed by atoms with Gasteiger partial charge in [-0.1, -0.05) is 19.1 Å². The highest BCUT2D eigenvalue weighted by atomic mass is 32.2. The van der Waals surface area contributed by atoms with Gasteiger partial charge in [0.1, 0.15) is 5.82 Å². The van der Waals surface area contributed by atoms with E-state index in [1.54, 1.807) is 43.3 Å². The molecule has 0 unspecified atom stereocenters. The number of hydrogen-bond donors (Lipinski definition) is 1. The quantitative estimate of drug-likeness (QED) is 0.920. The molecule has 0 amide bonds. The fraction of sp³-hybridized carbons (Fsp3) is 0.200. The van der Waals surface area contributed by atoms with Gasteiger partial charge in [0.2, 0.25) is 0 Å². The summed E-state index contributed by atoms with van der Waals surface area (Å²) in [7, 11) is -3.16. The van der Waals surface area contributed by atoms with Crippen LogP contribution in [0.1, 0.15) is 12.5 Å². The lowest BCUT2D eigenvalue weighted by Crippen LogP contribution is -2.04. The van der Waals surface area contributed by atoms with Gasteiger partial charge >= 0.3 is 0 Å². The van der Waals surface area contributed by atoms with Crippen molar-refractivity contribution < 1.29 is 12.8 Å². The van der Waals surface area contributed by atoms with E-state index in [4.69, 9.17) is 0 Å². The van der Waals surface area contributed by atoms with Crippen LogP contribution in [-0.2, 0) is 16.4 Å². The van der Waals surface area contributed by atoms with E-state index in [0.717, 1.165) is 11.3 Å². The van der Waals surface area contributed by atoms with Crippen molar-refractivity contribution in [2.75, 3.05) is 11.1 Å². The molecule has 0 saturated heterocycles. The van der Waals surface area contributed by atoms with Gasteiger partial charge in [0.15, 0.2) is 9.84 Å². The summed E-state index contributed by atoms with van der Waals surface area (Å²) in [6.07, 6.45) is 0. The summed E-state index contributed by atoms with van der Waals surface area (Å²) in [5.74, 6) is -0.169. The standard InChI is InChI=1S/C15H16FNO2S/c1-2-20(18,19)15-9-7-14(8-10-15)17-11-12-3-5-13(16)6-4-12/h3-10,17H,2,11H2,1H3. The zero-order chi connectivity index (χ0) is 14.6. The van der Waals surface area contributed by atoms with E-state index in [9.17, 15) is 12.8 Å². The minimum Gasteiger partial charge on any atom is -0.381 e. The van der Waals surface area contributed by atoms with Crippen LogP contribution in [0.15, 0.2) is 53.4 Å². The van der Waals surface area contributed by atoms with Gasteiger partial charge in [0, 0.05) is 12.2 Å². The van der Waals surface area contributed by atoms with Gasteiger partial charge in [-0.25, -0.2) is 12.8 Å². The summed E-state index contributed by atoms with van der Waals surface area (Å²) in [6, 6.07) is 12.9. The molecule has 0 spiro atoms. The lowest BCUT2D eigenvalue weighted by Gasteiger charge is -2.08. The average molecular weight is 293 g/mol. The molecular formula is C15H16FNO2S. The maximum Gasteiger partial charge on any atom is 0.178 e.